The fourth-order valence-electron chi connectivity index (χ4n) is 3.93. The molecule has 0 saturated heterocycles. The van der Waals surface area contributed by atoms with Gasteiger partial charge in [-0.15, -0.1) is 0 Å². The maximum Gasteiger partial charge on any atom is 0.257 e. The molecule has 0 unspecified atom stereocenters. The van der Waals surface area contributed by atoms with E-state index in [1.54, 1.807) is 24.3 Å². The average molecular weight is 471 g/mol. The molecule has 33 heavy (non-hydrogen) atoms. The van der Waals surface area contributed by atoms with Crippen LogP contribution in [-0.4, -0.2) is 51.5 Å². The van der Waals surface area contributed by atoms with Gasteiger partial charge in [0.15, 0.2) is 6.61 Å². The number of hydrogen-bond donors (Lipinski definition) is 1. The first-order chi connectivity index (χ1) is 15.8. The number of carbonyl (C=O) groups is 2. The first kappa shape index (κ1) is 24.6. The van der Waals surface area contributed by atoms with E-state index in [-0.39, 0.29) is 37.0 Å². The van der Waals surface area contributed by atoms with Crippen LogP contribution in [0.2, 0.25) is 5.02 Å². The Morgan fingerprint density at radius 2 is 1.73 bits per heavy atom. The minimum atomic E-state index is -0.227. The molecule has 3 aromatic rings. The van der Waals surface area contributed by atoms with Crippen LogP contribution in [0.1, 0.15) is 33.5 Å². The van der Waals surface area contributed by atoms with Crippen molar-refractivity contribution in [1.82, 2.24) is 19.8 Å². The van der Waals surface area contributed by atoms with E-state index in [9.17, 15) is 9.59 Å². The third-order valence-corrected chi connectivity index (χ3v) is 5.53. The topological polar surface area (TPSA) is 76.5 Å². The summed E-state index contributed by atoms with van der Waals surface area (Å²) in [5, 5.41) is 3.47. The molecule has 0 radical (unpaired) electrons. The van der Waals surface area contributed by atoms with Gasteiger partial charge >= 0.3 is 0 Å². The van der Waals surface area contributed by atoms with Crippen molar-refractivity contribution in [2.24, 2.45) is 0 Å². The second-order valence-corrected chi connectivity index (χ2v) is 8.87. The summed E-state index contributed by atoms with van der Waals surface area (Å²) in [7, 11) is 0. The number of nitrogens with zero attached hydrogens (tertiary/aromatic N) is 3. The Labute approximate surface area is 199 Å². The summed E-state index contributed by atoms with van der Waals surface area (Å²) in [6, 6.07) is 14.8. The number of hydrogen-bond acceptors (Lipinski definition) is 4. The maximum atomic E-state index is 13.1. The summed E-state index contributed by atoms with van der Waals surface area (Å²) in [6.45, 7) is 8.59. The Kier molecular flexibility index (Phi) is 8.33. The predicted molar refractivity (Wildman–Crippen MR) is 131 cm³/mol. The van der Waals surface area contributed by atoms with E-state index in [1.807, 2.05) is 61.4 Å². The van der Waals surface area contributed by atoms with E-state index in [0.29, 0.717) is 23.7 Å². The molecule has 0 aliphatic rings. The van der Waals surface area contributed by atoms with Gasteiger partial charge in [0, 0.05) is 30.1 Å². The molecule has 0 fully saturated rings. The summed E-state index contributed by atoms with van der Waals surface area (Å²) < 4.78 is 7.43. The minimum Gasteiger partial charge on any atom is -0.484 e. The van der Waals surface area contributed by atoms with E-state index >= 15 is 0 Å². The number of halogens is 1. The van der Waals surface area contributed by atoms with E-state index < -0.39 is 0 Å². The number of fused-ring (bicyclic) bond motifs is 1. The highest BCUT2D eigenvalue weighted by Crippen LogP contribution is 2.18. The SMILES string of the molecule is CC(C)N(C(=O)Cn1c(CCNC(=O)COc2ccc(Cl)cc2)nc2ccccc21)C(C)C. The number of para-hydroxylation sites is 2. The molecule has 176 valence electrons. The van der Waals surface area contributed by atoms with Crippen molar-refractivity contribution in [2.45, 2.75) is 52.7 Å². The predicted octanol–water partition coefficient (Wildman–Crippen LogP) is 4.07. The molecule has 0 spiro atoms. The maximum absolute atomic E-state index is 13.1. The van der Waals surface area contributed by atoms with Gasteiger partial charge in [0.25, 0.3) is 5.91 Å². The first-order valence-corrected chi connectivity index (χ1v) is 11.5. The number of benzene rings is 2. The van der Waals surface area contributed by atoms with Gasteiger partial charge in [-0.25, -0.2) is 4.98 Å². The van der Waals surface area contributed by atoms with E-state index in [2.05, 4.69) is 5.32 Å². The molecule has 7 nitrogen and oxygen atoms in total. The highest BCUT2D eigenvalue weighted by molar-refractivity contribution is 6.30. The van der Waals surface area contributed by atoms with Crippen LogP contribution in [0.4, 0.5) is 0 Å². The molecule has 2 amide bonds. The largest absolute Gasteiger partial charge is 0.484 e. The number of carbonyl (C=O) groups excluding carboxylic acids is 2. The van der Waals surface area contributed by atoms with E-state index in [4.69, 9.17) is 21.3 Å². The highest BCUT2D eigenvalue weighted by atomic mass is 35.5. The van der Waals surface area contributed by atoms with Gasteiger partial charge in [-0.1, -0.05) is 23.7 Å². The van der Waals surface area contributed by atoms with Gasteiger partial charge in [0.05, 0.1) is 11.0 Å². The van der Waals surface area contributed by atoms with Crippen LogP contribution in [0.5, 0.6) is 5.75 Å². The van der Waals surface area contributed by atoms with Gasteiger partial charge < -0.3 is 19.5 Å². The second kappa shape index (κ2) is 11.2. The van der Waals surface area contributed by atoms with Gasteiger partial charge in [-0.3, -0.25) is 9.59 Å². The third kappa shape index (κ3) is 6.48. The number of rotatable bonds is 10. The molecule has 8 heteroatoms. The first-order valence-electron chi connectivity index (χ1n) is 11.2. The molecule has 1 N–H and O–H groups in total. The summed E-state index contributed by atoms with van der Waals surface area (Å²) in [6.07, 6.45) is 0.498. The lowest BCUT2D eigenvalue weighted by molar-refractivity contribution is -0.135. The van der Waals surface area contributed by atoms with E-state index in [0.717, 1.165) is 16.9 Å². The molecule has 2 aromatic carbocycles. The molecule has 3 rings (SSSR count). The highest BCUT2D eigenvalue weighted by Gasteiger charge is 2.22. The normalized spacial score (nSPS) is 11.2. The average Bonchev–Trinajstić information content (AvgIpc) is 3.10. The van der Waals surface area contributed by atoms with Crippen LogP contribution in [-0.2, 0) is 22.6 Å². The lowest BCUT2D eigenvalue weighted by atomic mass is 10.2. The van der Waals surface area contributed by atoms with Crippen molar-refractivity contribution in [2.75, 3.05) is 13.2 Å². The van der Waals surface area contributed by atoms with Crippen molar-refractivity contribution in [3.05, 3.63) is 59.4 Å². The number of aromatic nitrogens is 2. The van der Waals surface area contributed by atoms with Crippen molar-refractivity contribution < 1.29 is 14.3 Å². The van der Waals surface area contributed by atoms with Crippen molar-refractivity contribution in [3.63, 3.8) is 0 Å². The van der Waals surface area contributed by atoms with Crippen LogP contribution >= 0.6 is 11.6 Å². The monoisotopic (exact) mass is 470 g/mol. The van der Waals surface area contributed by atoms with Crippen LogP contribution in [0.15, 0.2) is 48.5 Å². The van der Waals surface area contributed by atoms with Gasteiger partial charge in [-0.2, -0.15) is 0 Å². The molecular formula is C25H31ClN4O3. The van der Waals surface area contributed by atoms with Crippen molar-refractivity contribution in [3.8, 4) is 5.75 Å². The molecule has 0 bridgehead atoms. The summed E-state index contributed by atoms with van der Waals surface area (Å²) in [5.74, 6) is 1.16. The number of nitrogens with one attached hydrogen (secondary N) is 1. The zero-order chi connectivity index (χ0) is 24.0. The molecule has 0 aliphatic heterocycles. The Morgan fingerprint density at radius 3 is 2.39 bits per heavy atom. The quantitative estimate of drug-likeness (QED) is 0.484. The number of imidazole rings is 1. The molecule has 1 heterocycles. The molecule has 0 aliphatic carbocycles. The number of amides is 2. The fraction of sp³-hybridized carbons (Fsp3) is 0.400. The third-order valence-electron chi connectivity index (χ3n) is 5.28. The molecule has 0 atom stereocenters. The summed E-state index contributed by atoms with van der Waals surface area (Å²) >= 11 is 5.86. The smallest absolute Gasteiger partial charge is 0.257 e. The lowest BCUT2D eigenvalue weighted by Crippen LogP contribution is -2.44. The van der Waals surface area contributed by atoms with Crippen LogP contribution in [0.3, 0.4) is 0 Å². The van der Waals surface area contributed by atoms with Gasteiger partial charge in [-0.05, 0) is 64.1 Å². The second-order valence-electron chi connectivity index (χ2n) is 8.43. The summed E-state index contributed by atoms with van der Waals surface area (Å²) in [5.41, 5.74) is 1.74. The zero-order valence-electron chi connectivity index (χ0n) is 19.5. The zero-order valence-corrected chi connectivity index (χ0v) is 20.3. The Balaban J connectivity index is 1.64. The molecule has 0 saturated carbocycles. The Morgan fingerprint density at radius 1 is 1.06 bits per heavy atom. The van der Waals surface area contributed by atoms with Crippen molar-refractivity contribution >= 4 is 34.4 Å². The molecular weight excluding hydrogens is 440 g/mol. The van der Waals surface area contributed by atoms with Crippen LogP contribution in [0, 0.1) is 0 Å². The van der Waals surface area contributed by atoms with E-state index in [1.165, 1.54) is 0 Å². The summed E-state index contributed by atoms with van der Waals surface area (Å²) in [4.78, 5) is 31.9. The fourth-order valence-corrected chi connectivity index (χ4v) is 4.05. The van der Waals surface area contributed by atoms with Gasteiger partial charge in [0.2, 0.25) is 5.91 Å². The standard InChI is InChI=1S/C25H31ClN4O3/c1-17(2)30(18(3)4)25(32)15-29-22-8-6-5-7-21(22)28-23(29)13-14-27-24(31)16-33-20-11-9-19(26)10-12-20/h5-12,17-18H,13-16H2,1-4H3,(H,27,31). The van der Waals surface area contributed by atoms with Gasteiger partial charge in [0.1, 0.15) is 18.1 Å². The van der Waals surface area contributed by atoms with Crippen LogP contribution < -0.4 is 10.1 Å². The number of ether oxygens (including phenoxy) is 1. The van der Waals surface area contributed by atoms with Crippen LogP contribution in [0.25, 0.3) is 11.0 Å². The van der Waals surface area contributed by atoms with Crippen molar-refractivity contribution in [1.29, 1.82) is 0 Å². The Bertz CT molecular complexity index is 1080. The lowest BCUT2D eigenvalue weighted by Gasteiger charge is -2.31. The minimum absolute atomic E-state index is 0.0461. The molecule has 1 aromatic heterocycles. The Hall–Kier alpha value is -3.06.